The van der Waals surface area contributed by atoms with Gasteiger partial charge in [-0.25, -0.2) is 9.59 Å². The number of ether oxygens (including phenoxy) is 2. The van der Waals surface area contributed by atoms with Crippen molar-refractivity contribution in [2.75, 3.05) is 13.7 Å². The van der Waals surface area contributed by atoms with Crippen LogP contribution in [0.15, 0.2) is 0 Å². The van der Waals surface area contributed by atoms with Gasteiger partial charge in [-0.05, 0) is 27.2 Å². The highest BCUT2D eigenvalue weighted by molar-refractivity contribution is 5.90. The molecule has 0 N–H and O–H groups in total. The van der Waals surface area contributed by atoms with Crippen molar-refractivity contribution in [2.45, 2.75) is 44.8 Å². The Morgan fingerprint density at radius 3 is 2.33 bits per heavy atom. The summed E-state index contributed by atoms with van der Waals surface area (Å²) in [5.41, 5.74) is -1.82. The van der Waals surface area contributed by atoms with E-state index < -0.39 is 23.2 Å². The zero-order chi connectivity index (χ0) is 14.0. The van der Waals surface area contributed by atoms with E-state index in [1.54, 1.807) is 20.8 Å². The Balaban J connectivity index is 2.85. The average molecular weight is 257 g/mol. The van der Waals surface area contributed by atoms with Crippen LogP contribution in [0, 0.1) is 0 Å². The number of esters is 1. The van der Waals surface area contributed by atoms with Crippen LogP contribution in [0.5, 0.6) is 0 Å². The Bertz CT molecular complexity index is 360. The lowest BCUT2D eigenvalue weighted by Gasteiger charge is -2.49. The number of methoxy groups -OCH3 is 1. The van der Waals surface area contributed by atoms with Gasteiger partial charge in [0.15, 0.2) is 5.54 Å². The van der Waals surface area contributed by atoms with Crippen LogP contribution in [-0.4, -0.2) is 48.0 Å². The standard InChI is InChI=1S/C12H19NO5/c1-11(2,3)18-10(16)13-7-5-12(13,6-8-14)9(15)17-4/h8H,5-7H2,1-4H3/t12-/m1/s1. The Morgan fingerprint density at radius 2 is 2.00 bits per heavy atom. The maximum Gasteiger partial charge on any atom is 0.411 e. The number of hydrogen-bond acceptors (Lipinski definition) is 5. The third-order valence-electron chi connectivity index (χ3n) is 2.87. The Labute approximate surface area is 106 Å². The summed E-state index contributed by atoms with van der Waals surface area (Å²) in [6, 6.07) is 0. The Kier molecular flexibility index (Phi) is 3.98. The molecule has 6 heteroatoms. The third kappa shape index (κ3) is 2.63. The molecule has 0 bridgehead atoms. The second kappa shape index (κ2) is 4.96. The van der Waals surface area contributed by atoms with Crippen molar-refractivity contribution in [1.29, 1.82) is 0 Å². The molecule has 1 amide bonds. The molecule has 18 heavy (non-hydrogen) atoms. The van der Waals surface area contributed by atoms with Crippen LogP contribution in [0.2, 0.25) is 0 Å². The number of likely N-dealkylation sites (tertiary alicyclic amines) is 1. The first-order valence-electron chi connectivity index (χ1n) is 5.79. The monoisotopic (exact) mass is 257 g/mol. The summed E-state index contributed by atoms with van der Waals surface area (Å²) in [6.45, 7) is 5.61. The number of carbonyl (C=O) groups is 3. The summed E-state index contributed by atoms with van der Waals surface area (Å²) >= 11 is 0. The van der Waals surface area contributed by atoms with Gasteiger partial charge in [0.1, 0.15) is 11.9 Å². The van der Waals surface area contributed by atoms with E-state index in [2.05, 4.69) is 4.74 Å². The molecule has 1 aliphatic heterocycles. The smallest absolute Gasteiger partial charge is 0.411 e. The molecule has 0 aromatic carbocycles. The molecule has 0 aromatic rings. The molecule has 0 saturated carbocycles. The van der Waals surface area contributed by atoms with Crippen molar-refractivity contribution in [3.63, 3.8) is 0 Å². The van der Waals surface area contributed by atoms with Gasteiger partial charge in [0, 0.05) is 13.0 Å². The maximum absolute atomic E-state index is 11.9. The number of amides is 1. The van der Waals surface area contributed by atoms with E-state index in [0.717, 1.165) is 0 Å². The number of nitrogens with zero attached hydrogens (tertiary/aromatic N) is 1. The highest BCUT2D eigenvalue weighted by Crippen LogP contribution is 2.35. The minimum absolute atomic E-state index is 0.0705. The van der Waals surface area contributed by atoms with E-state index in [1.165, 1.54) is 12.0 Å². The summed E-state index contributed by atoms with van der Waals surface area (Å²) < 4.78 is 9.87. The van der Waals surface area contributed by atoms with Gasteiger partial charge >= 0.3 is 12.1 Å². The van der Waals surface area contributed by atoms with E-state index in [4.69, 9.17) is 4.74 Å². The number of aldehydes is 1. The van der Waals surface area contributed by atoms with Crippen molar-refractivity contribution in [1.82, 2.24) is 4.90 Å². The summed E-state index contributed by atoms with van der Waals surface area (Å²) in [5, 5.41) is 0. The molecule has 0 aliphatic carbocycles. The molecule has 1 rings (SSSR count). The largest absolute Gasteiger partial charge is 0.467 e. The van der Waals surface area contributed by atoms with Gasteiger partial charge in [-0.15, -0.1) is 0 Å². The van der Waals surface area contributed by atoms with Gasteiger partial charge in [-0.2, -0.15) is 0 Å². The second-order valence-corrected chi connectivity index (χ2v) is 5.28. The molecule has 1 atom stereocenters. The van der Waals surface area contributed by atoms with Gasteiger partial charge < -0.3 is 14.3 Å². The molecule has 0 spiro atoms. The molecule has 1 fully saturated rings. The highest BCUT2D eigenvalue weighted by atomic mass is 16.6. The van der Waals surface area contributed by atoms with Crippen molar-refractivity contribution in [3.8, 4) is 0 Å². The normalized spacial score (nSPS) is 23.0. The van der Waals surface area contributed by atoms with Gasteiger partial charge in [0.2, 0.25) is 0 Å². The van der Waals surface area contributed by atoms with Crippen LogP contribution >= 0.6 is 0 Å². The van der Waals surface area contributed by atoms with Crippen molar-refractivity contribution >= 4 is 18.3 Å². The molecule has 1 saturated heterocycles. The molecular formula is C12H19NO5. The molecule has 1 aliphatic rings. The predicted molar refractivity (Wildman–Crippen MR) is 63.0 cm³/mol. The van der Waals surface area contributed by atoms with E-state index in [1.807, 2.05) is 0 Å². The predicted octanol–water partition coefficient (Wildman–Crippen LogP) is 1.13. The van der Waals surface area contributed by atoms with Gasteiger partial charge in [0.25, 0.3) is 0 Å². The van der Waals surface area contributed by atoms with E-state index in [0.29, 0.717) is 19.3 Å². The maximum atomic E-state index is 11.9. The number of hydrogen-bond donors (Lipinski definition) is 0. The van der Waals surface area contributed by atoms with Crippen LogP contribution in [0.3, 0.4) is 0 Å². The van der Waals surface area contributed by atoms with E-state index >= 15 is 0 Å². The highest BCUT2D eigenvalue weighted by Gasteiger charge is 2.55. The quantitative estimate of drug-likeness (QED) is 0.559. The topological polar surface area (TPSA) is 72.9 Å². The van der Waals surface area contributed by atoms with Crippen LogP contribution < -0.4 is 0 Å². The molecule has 6 nitrogen and oxygen atoms in total. The zero-order valence-electron chi connectivity index (χ0n) is 11.2. The fraction of sp³-hybridized carbons (Fsp3) is 0.750. The molecule has 0 aromatic heterocycles. The Morgan fingerprint density at radius 1 is 1.39 bits per heavy atom. The summed E-state index contributed by atoms with van der Waals surface area (Å²) in [7, 11) is 1.24. The molecule has 102 valence electrons. The first kappa shape index (κ1) is 14.5. The minimum Gasteiger partial charge on any atom is -0.467 e. The minimum atomic E-state index is -1.18. The second-order valence-electron chi connectivity index (χ2n) is 5.28. The lowest BCUT2D eigenvalue weighted by Crippen LogP contribution is -2.67. The van der Waals surface area contributed by atoms with Gasteiger partial charge in [-0.1, -0.05) is 0 Å². The molecule has 0 radical (unpaired) electrons. The van der Waals surface area contributed by atoms with Gasteiger partial charge in [0.05, 0.1) is 7.11 Å². The van der Waals surface area contributed by atoms with E-state index in [9.17, 15) is 14.4 Å². The Hall–Kier alpha value is -1.59. The average Bonchev–Trinajstić information content (AvgIpc) is 2.20. The van der Waals surface area contributed by atoms with Crippen LogP contribution in [0.25, 0.3) is 0 Å². The number of carbonyl (C=O) groups excluding carboxylic acids is 3. The first-order chi connectivity index (χ1) is 8.27. The van der Waals surface area contributed by atoms with Crippen molar-refractivity contribution < 1.29 is 23.9 Å². The van der Waals surface area contributed by atoms with Crippen molar-refractivity contribution in [3.05, 3.63) is 0 Å². The first-order valence-corrected chi connectivity index (χ1v) is 5.79. The van der Waals surface area contributed by atoms with Crippen molar-refractivity contribution in [2.24, 2.45) is 0 Å². The fourth-order valence-corrected chi connectivity index (χ4v) is 1.91. The van der Waals surface area contributed by atoms with E-state index in [-0.39, 0.29) is 6.42 Å². The lowest BCUT2D eigenvalue weighted by atomic mass is 9.82. The molecular weight excluding hydrogens is 238 g/mol. The zero-order valence-corrected chi connectivity index (χ0v) is 11.2. The molecule has 0 unspecified atom stereocenters. The summed E-state index contributed by atoms with van der Waals surface area (Å²) in [4.78, 5) is 35.7. The van der Waals surface area contributed by atoms with Crippen LogP contribution in [-0.2, 0) is 19.1 Å². The van der Waals surface area contributed by atoms with Crippen LogP contribution in [0.4, 0.5) is 4.79 Å². The molecule has 1 heterocycles. The SMILES string of the molecule is COC(=O)[C@]1(CC=O)CCN1C(=O)OC(C)(C)C. The van der Waals surface area contributed by atoms with Gasteiger partial charge in [-0.3, -0.25) is 4.90 Å². The summed E-state index contributed by atoms with van der Waals surface area (Å²) in [5.74, 6) is -0.577. The lowest BCUT2D eigenvalue weighted by molar-refractivity contribution is -0.165. The third-order valence-corrected chi connectivity index (χ3v) is 2.87. The fourth-order valence-electron chi connectivity index (χ4n) is 1.91. The van der Waals surface area contributed by atoms with Crippen LogP contribution in [0.1, 0.15) is 33.6 Å². The summed E-state index contributed by atoms with van der Waals surface area (Å²) in [6.07, 6.45) is 0.366. The number of rotatable bonds is 3.